The van der Waals surface area contributed by atoms with Crippen LogP contribution in [0, 0.1) is 5.92 Å². The lowest BCUT2D eigenvalue weighted by atomic mass is 9.96. The summed E-state index contributed by atoms with van der Waals surface area (Å²) >= 11 is 0. The normalized spacial score (nSPS) is 26.7. The van der Waals surface area contributed by atoms with Gasteiger partial charge in [0.25, 0.3) is 0 Å². The van der Waals surface area contributed by atoms with E-state index in [-0.39, 0.29) is 12.1 Å². The predicted molar refractivity (Wildman–Crippen MR) is 62.3 cm³/mol. The Morgan fingerprint density at radius 1 is 1.50 bits per heavy atom. The van der Waals surface area contributed by atoms with Crippen LogP contribution in [0.4, 0.5) is 0 Å². The molecule has 1 heterocycles. The SMILES string of the molecule is CCOCCN1CC[C@@H](OC(C)=O)[C@H](C)C1. The van der Waals surface area contributed by atoms with Crippen molar-refractivity contribution in [2.45, 2.75) is 33.3 Å². The highest BCUT2D eigenvalue weighted by molar-refractivity contribution is 5.66. The summed E-state index contributed by atoms with van der Waals surface area (Å²) in [5, 5.41) is 0. The molecule has 94 valence electrons. The van der Waals surface area contributed by atoms with Crippen molar-refractivity contribution in [3.63, 3.8) is 0 Å². The molecule has 4 heteroatoms. The lowest BCUT2D eigenvalue weighted by Gasteiger charge is -2.36. The third-order valence-corrected chi connectivity index (χ3v) is 2.98. The lowest BCUT2D eigenvalue weighted by molar-refractivity contribution is -0.151. The highest BCUT2D eigenvalue weighted by Crippen LogP contribution is 2.19. The zero-order chi connectivity index (χ0) is 12.0. The molecule has 0 saturated carbocycles. The van der Waals surface area contributed by atoms with Crippen molar-refractivity contribution in [3.8, 4) is 0 Å². The molecule has 0 radical (unpaired) electrons. The van der Waals surface area contributed by atoms with Gasteiger partial charge in [-0.3, -0.25) is 4.79 Å². The van der Waals surface area contributed by atoms with Gasteiger partial charge in [-0.25, -0.2) is 0 Å². The number of piperidine rings is 1. The lowest BCUT2D eigenvalue weighted by Crippen LogP contribution is -2.44. The standard InChI is InChI=1S/C12H23NO3/c1-4-15-8-7-13-6-5-12(10(2)9-13)16-11(3)14/h10,12H,4-9H2,1-3H3/t10-,12-/m1/s1. The van der Waals surface area contributed by atoms with Gasteiger partial charge in [0.1, 0.15) is 6.10 Å². The van der Waals surface area contributed by atoms with E-state index in [2.05, 4.69) is 11.8 Å². The number of hydrogen-bond acceptors (Lipinski definition) is 4. The Hall–Kier alpha value is -0.610. The molecular formula is C12H23NO3. The average Bonchev–Trinajstić information content (AvgIpc) is 2.22. The second kappa shape index (κ2) is 6.86. The number of hydrogen-bond donors (Lipinski definition) is 0. The fourth-order valence-corrected chi connectivity index (χ4v) is 2.14. The van der Waals surface area contributed by atoms with Crippen molar-refractivity contribution < 1.29 is 14.3 Å². The Morgan fingerprint density at radius 2 is 2.25 bits per heavy atom. The topological polar surface area (TPSA) is 38.8 Å². The van der Waals surface area contributed by atoms with E-state index >= 15 is 0 Å². The quantitative estimate of drug-likeness (QED) is 0.526. The molecule has 0 spiro atoms. The zero-order valence-corrected chi connectivity index (χ0v) is 10.6. The van der Waals surface area contributed by atoms with Crippen LogP contribution in [0.15, 0.2) is 0 Å². The fraction of sp³-hybridized carbons (Fsp3) is 0.917. The van der Waals surface area contributed by atoms with Crippen LogP contribution >= 0.6 is 0 Å². The average molecular weight is 229 g/mol. The second-order valence-electron chi connectivity index (χ2n) is 4.41. The first kappa shape index (κ1) is 13.5. The maximum absolute atomic E-state index is 10.9. The van der Waals surface area contributed by atoms with Gasteiger partial charge in [0.05, 0.1) is 6.61 Å². The largest absolute Gasteiger partial charge is 0.462 e. The first-order valence-electron chi connectivity index (χ1n) is 6.10. The molecule has 1 aliphatic heterocycles. The van der Waals surface area contributed by atoms with Crippen LogP contribution in [-0.4, -0.2) is 49.8 Å². The number of nitrogens with zero attached hydrogens (tertiary/aromatic N) is 1. The summed E-state index contributed by atoms with van der Waals surface area (Å²) in [6, 6.07) is 0. The van der Waals surface area contributed by atoms with Gasteiger partial charge in [-0.1, -0.05) is 6.92 Å². The van der Waals surface area contributed by atoms with E-state index in [1.165, 1.54) is 6.92 Å². The Bertz CT molecular complexity index is 220. The number of carbonyl (C=O) groups excluding carboxylic acids is 1. The Morgan fingerprint density at radius 3 is 2.81 bits per heavy atom. The number of ether oxygens (including phenoxy) is 2. The summed E-state index contributed by atoms with van der Waals surface area (Å²) in [5.74, 6) is 0.249. The third kappa shape index (κ3) is 4.49. The van der Waals surface area contributed by atoms with Gasteiger partial charge in [-0.15, -0.1) is 0 Å². The Kier molecular flexibility index (Phi) is 5.77. The van der Waals surface area contributed by atoms with Gasteiger partial charge in [-0.05, 0) is 13.3 Å². The molecular weight excluding hydrogens is 206 g/mol. The van der Waals surface area contributed by atoms with Crippen molar-refractivity contribution in [1.29, 1.82) is 0 Å². The highest BCUT2D eigenvalue weighted by Gasteiger charge is 2.27. The van der Waals surface area contributed by atoms with Gasteiger partial charge < -0.3 is 14.4 Å². The van der Waals surface area contributed by atoms with E-state index in [1.54, 1.807) is 0 Å². The second-order valence-corrected chi connectivity index (χ2v) is 4.41. The van der Waals surface area contributed by atoms with E-state index in [1.807, 2.05) is 6.92 Å². The minimum atomic E-state index is -0.167. The van der Waals surface area contributed by atoms with Crippen molar-refractivity contribution in [3.05, 3.63) is 0 Å². The van der Waals surface area contributed by atoms with Gasteiger partial charge in [0.2, 0.25) is 0 Å². The molecule has 1 saturated heterocycles. The molecule has 16 heavy (non-hydrogen) atoms. The molecule has 2 atom stereocenters. The first-order chi connectivity index (χ1) is 7.63. The van der Waals surface area contributed by atoms with Crippen LogP contribution in [-0.2, 0) is 14.3 Å². The van der Waals surface area contributed by atoms with E-state index in [0.29, 0.717) is 5.92 Å². The monoisotopic (exact) mass is 229 g/mol. The van der Waals surface area contributed by atoms with Crippen LogP contribution in [0.25, 0.3) is 0 Å². The highest BCUT2D eigenvalue weighted by atomic mass is 16.5. The molecule has 0 aliphatic carbocycles. The molecule has 0 aromatic heterocycles. The number of rotatable bonds is 5. The van der Waals surface area contributed by atoms with Crippen molar-refractivity contribution in [2.24, 2.45) is 5.92 Å². The molecule has 1 rings (SSSR count). The minimum absolute atomic E-state index is 0.0980. The Labute approximate surface area is 97.9 Å². The molecule has 0 aromatic rings. The van der Waals surface area contributed by atoms with E-state index in [0.717, 1.165) is 39.3 Å². The third-order valence-electron chi connectivity index (χ3n) is 2.98. The Balaban J connectivity index is 2.25. The number of esters is 1. The maximum atomic E-state index is 10.9. The maximum Gasteiger partial charge on any atom is 0.302 e. The van der Waals surface area contributed by atoms with Crippen molar-refractivity contribution in [2.75, 3.05) is 32.8 Å². The molecule has 0 N–H and O–H groups in total. The minimum Gasteiger partial charge on any atom is -0.462 e. The number of carbonyl (C=O) groups is 1. The van der Waals surface area contributed by atoms with Crippen molar-refractivity contribution >= 4 is 5.97 Å². The van der Waals surface area contributed by atoms with Crippen LogP contribution in [0.1, 0.15) is 27.2 Å². The molecule has 0 unspecified atom stereocenters. The molecule has 1 aliphatic rings. The molecule has 4 nitrogen and oxygen atoms in total. The first-order valence-corrected chi connectivity index (χ1v) is 6.10. The van der Waals surface area contributed by atoms with Gasteiger partial charge in [0, 0.05) is 39.1 Å². The molecule has 1 fully saturated rings. The van der Waals surface area contributed by atoms with Crippen LogP contribution in [0.3, 0.4) is 0 Å². The van der Waals surface area contributed by atoms with E-state index in [4.69, 9.17) is 9.47 Å². The predicted octanol–water partition coefficient (Wildman–Crippen LogP) is 1.30. The van der Waals surface area contributed by atoms with E-state index < -0.39 is 0 Å². The molecule has 0 bridgehead atoms. The summed E-state index contributed by atoms with van der Waals surface area (Å²) in [5.41, 5.74) is 0. The summed E-state index contributed by atoms with van der Waals surface area (Å²) < 4.78 is 10.6. The summed E-state index contributed by atoms with van der Waals surface area (Å²) in [7, 11) is 0. The zero-order valence-electron chi connectivity index (χ0n) is 10.6. The van der Waals surface area contributed by atoms with Crippen LogP contribution in [0.2, 0.25) is 0 Å². The number of likely N-dealkylation sites (tertiary alicyclic amines) is 1. The van der Waals surface area contributed by atoms with Gasteiger partial charge in [0.15, 0.2) is 0 Å². The summed E-state index contributed by atoms with van der Waals surface area (Å²) in [6.07, 6.45) is 1.04. The summed E-state index contributed by atoms with van der Waals surface area (Å²) in [4.78, 5) is 13.3. The van der Waals surface area contributed by atoms with Crippen LogP contribution < -0.4 is 0 Å². The molecule has 0 amide bonds. The molecule has 0 aromatic carbocycles. The fourth-order valence-electron chi connectivity index (χ4n) is 2.14. The van der Waals surface area contributed by atoms with Gasteiger partial charge in [-0.2, -0.15) is 0 Å². The summed E-state index contributed by atoms with van der Waals surface area (Å²) in [6.45, 7) is 10.2. The smallest absolute Gasteiger partial charge is 0.302 e. The van der Waals surface area contributed by atoms with Gasteiger partial charge >= 0.3 is 5.97 Å². The van der Waals surface area contributed by atoms with Crippen LogP contribution in [0.5, 0.6) is 0 Å². The van der Waals surface area contributed by atoms with Crippen molar-refractivity contribution in [1.82, 2.24) is 4.90 Å². The van der Waals surface area contributed by atoms with E-state index in [9.17, 15) is 4.79 Å².